The number of nitrogens with one attached hydrogen (secondary N) is 1. The van der Waals surface area contributed by atoms with E-state index in [-0.39, 0.29) is 17.6 Å². The third kappa shape index (κ3) is 7.13. The zero-order valence-corrected chi connectivity index (χ0v) is 12.2. The van der Waals surface area contributed by atoms with E-state index in [1.165, 1.54) is 7.11 Å². The average Bonchev–Trinajstić information content (AvgIpc) is 3.02. The van der Waals surface area contributed by atoms with E-state index in [0.29, 0.717) is 13.2 Å². The van der Waals surface area contributed by atoms with Crippen molar-refractivity contribution in [3.8, 4) is 0 Å². The third-order valence-corrected chi connectivity index (χ3v) is 3.07. The molecule has 1 N–H and O–H groups in total. The minimum absolute atomic E-state index is 0.0588. The van der Waals surface area contributed by atoms with Crippen LogP contribution >= 0.6 is 0 Å². The first kappa shape index (κ1) is 16.7. The molecule has 1 fully saturated rings. The largest absolute Gasteiger partial charge is 0.401 e. The normalized spacial score (nSPS) is 18.9. The molecule has 0 saturated heterocycles. The average molecular weight is 282 g/mol. The van der Waals surface area contributed by atoms with Crippen LogP contribution in [0, 0.1) is 0 Å². The van der Waals surface area contributed by atoms with Crippen LogP contribution < -0.4 is 5.32 Å². The van der Waals surface area contributed by atoms with Gasteiger partial charge in [0.1, 0.15) is 0 Å². The second-order valence-corrected chi connectivity index (χ2v) is 6.26. The summed E-state index contributed by atoms with van der Waals surface area (Å²) in [6.45, 7) is 5.98. The SMILES string of the molecule is COCC(CNC(C)(C)C)N(CC(F)(F)F)C1CC1. The van der Waals surface area contributed by atoms with Gasteiger partial charge in [0.05, 0.1) is 13.2 Å². The molecule has 1 aliphatic carbocycles. The smallest absolute Gasteiger partial charge is 0.383 e. The molecule has 1 saturated carbocycles. The topological polar surface area (TPSA) is 24.5 Å². The predicted molar refractivity (Wildman–Crippen MR) is 69.2 cm³/mol. The first-order valence-corrected chi connectivity index (χ1v) is 6.69. The lowest BCUT2D eigenvalue weighted by molar-refractivity contribution is -0.154. The number of alkyl halides is 3. The molecule has 0 amide bonds. The highest BCUT2D eigenvalue weighted by atomic mass is 19.4. The van der Waals surface area contributed by atoms with Crippen molar-refractivity contribution in [2.24, 2.45) is 0 Å². The summed E-state index contributed by atoms with van der Waals surface area (Å²) in [5.74, 6) is 0. The van der Waals surface area contributed by atoms with Crippen LogP contribution in [0.25, 0.3) is 0 Å². The second-order valence-electron chi connectivity index (χ2n) is 6.26. The van der Waals surface area contributed by atoms with Crippen LogP contribution in [0.2, 0.25) is 0 Å². The molecular weight excluding hydrogens is 257 g/mol. The summed E-state index contributed by atoms with van der Waals surface area (Å²) in [7, 11) is 1.53. The van der Waals surface area contributed by atoms with Gasteiger partial charge < -0.3 is 10.1 Å². The van der Waals surface area contributed by atoms with Crippen LogP contribution in [0.3, 0.4) is 0 Å². The molecule has 0 spiro atoms. The third-order valence-electron chi connectivity index (χ3n) is 3.07. The summed E-state index contributed by atoms with van der Waals surface area (Å²) in [5, 5.41) is 3.27. The van der Waals surface area contributed by atoms with Crippen LogP contribution in [0.4, 0.5) is 13.2 Å². The summed E-state index contributed by atoms with van der Waals surface area (Å²) < 4.78 is 43.1. The Morgan fingerprint density at radius 3 is 2.21 bits per heavy atom. The van der Waals surface area contributed by atoms with Crippen LogP contribution in [0.1, 0.15) is 33.6 Å². The Balaban J connectivity index is 2.63. The lowest BCUT2D eigenvalue weighted by Crippen LogP contribution is -2.52. The maximum absolute atomic E-state index is 12.7. The lowest BCUT2D eigenvalue weighted by Gasteiger charge is -2.34. The van der Waals surface area contributed by atoms with Crippen molar-refractivity contribution in [2.45, 2.75) is 57.4 Å². The van der Waals surface area contributed by atoms with Gasteiger partial charge in [-0.1, -0.05) is 0 Å². The Kier molecular flexibility index (Phi) is 5.65. The van der Waals surface area contributed by atoms with Gasteiger partial charge in [0.25, 0.3) is 0 Å². The van der Waals surface area contributed by atoms with Crippen molar-refractivity contribution in [3.05, 3.63) is 0 Å². The Bertz CT molecular complexity index is 272. The van der Waals surface area contributed by atoms with Gasteiger partial charge in [-0.3, -0.25) is 4.90 Å². The van der Waals surface area contributed by atoms with Crippen molar-refractivity contribution < 1.29 is 17.9 Å². The van der Waals surface area contributed by atoms with Crippen molar-refractivity contribution in [3.63, 3.8) is 0 Å². The summed E-state index contributed by atoms with van der Waals surface area (Å²) in [6.07, 6.45) is -2.45. The van der Waals surface area contributed by atoms with Gasteiger partial charge in [0, 0.05) is 31.3 Å². The van der Waals surface area contributed by atoms with E-state index >= 15 is 0 Å². The number of ether oxygens (including phenoxy) is 1. The maximum Gasteiger partial charge on any atom is 0.401 e. The van der Waals surface area contributed by atoms with Gasteiger partial charge in [0.2, 0.25) is 0 Å². The zero-order valence-electron chi connectivity index (χ0n) is 12.2. The molecule has 0 heterocycles. The van der Waals surface area contributed by atoms with Gasteiger partial charge in [-0.05, 0) is 33.6 Å². The molecular formula is C13H25F3N2O. The molecule has 1 atom stereocenters. The van der Waals surface area contributed by atoms with Crippen LogP contribution in [-0.2, 0) is 4.74 Å². The molecule has 114 valence electrons. The summed E-state index contributed by atoms with van der Waals surface area (Å²) >= 11 is 0. The quantitative estimate of drug-likeness (QED) is 0.776. The minimum Gasteiger partial charge on any atom is -0.383 e. The number of rotatable bonds is 7. The van der Waals surface area contributed by atoms with Crippen molar-refractivity contribution >= 4 is 0 Å². The molecule has 0 bridgehead atoms. The van der Waals surface area contributed by atoms with Crippen molar-refractivity contribution in [2.75, 3.05) is 26.8 Å². The Morgan fingerprint density at radius 2 is 1.84 bits per heavy atom. The molecule has 0 radical (unpaired) electrons. The fourth-order valence-corrected chi connectivity index (χ4v) is 2.06. The lowest BCUT2D eigenvalue weighted by atomic mass is 10.1. The second kappa shape index (κ2) is 6.41. The fourth-order valence-electron chi connectivity index (χ4n) is 2.06. The minimum atomic E-state index is -4.16. The highest BCUT2D eigenvalue weighted by Crippen LogP contribution is 2.31. The van der Waals surface area contributed by atoms with E-state index in [2.05, 4.69) is 5.32 Å². The Morgan fingerprint density at radius 1 is 1.26 bits per heavy atom. The standard InChI is InChI=1S/C13H25F3N2O/c1-12(2,3)17-7-11(8-19-4)18(10-5-6-10)9-13(14,15)16/h10-11,17H,5-9H2,1-4H3. The predicted octanol–water partition coefficient (Wildman–Crippen LogP) is 2.42. The summed E-state index contributed by atoms with van der Waals surface area (Å²) in [5.41, 5.74) is -0.112. The van der Waals surface area contributed by atoms with Gasteiger partial charge in [0.15, 0.2) is 0 Å². The highest BCUT2D eigenvalue weighted by Gasteiger charge is 2.41. The summed E-state index contributed by atoms with van der Waals surface area (Å²) in [6, 6.07) is -0.179. The number of methoxy groups -OCH3 is 1. The zero-order chi connectivity index (χ0) is 14.7. The number of halogens is 3. The van der Waals surface area contributed by atoms with Gasteiger partial charge >= 0.3 is 6.18 Å². The van der Waals surface area contributed by atoms with E-state index in [1.54, 1.807) is 4.90 Å². The maximum atomic E-state index is 12.7. The Hall–Kier alpha value is -0.330. The number of hydrogen-bond acceptors (Lipinski definition) is 3. The fraction of sp³-hybridized carbons (Fsp3) is 1.00. The first-order valence-electron chi connectivity index (χ1n) is 6.69. The van der Waals surface area contributed by atoms with Gasteiger partial charge in [-0.2, -0.15) is 13.2 Å². The van der Waals surface area contributed by atoms with Crippen molar-refractivity contribution in [1.82, 2.24) is 10.2 Å². The molecule has 0 aliphatic heterocycles. The molecule has 0 aromatic heterocycles. The molecule has 0 aromatic rings. The van der Waals surface area contributed by atoms with Crippen LogP contribution in [0.5, 0.6) is 0 Å². The van der Waals surface area contributed by atoms with E-state index < -0.39 is 12.7 Å². The summed E-state index contributed by atoms with van der Waals surface area (Å²) in [4.78, 5) is 1.54. The Labute approximate surface area is 113 Å². The molecule has 19 heavy (non-hydrogen) atoms. The number of nitrogens with zero attached hydrogens (tertiary/aromatic N) is 1. The molecule has 1 rings (SSSR count). The van der Waals surface area contributed by atoms with E-state index in [4.69, 9.17) is 4.74 Å². The van der Waals surface area contributed by atoms with Gasteiger partial charge in [-0.25, -0.2) is 0 Å². The molecule has 6 heteroatoms. The van der Waals surface area contributed by atoms with Crippen molar-refractivity contribution in [1.29, 1.82) is 0 Å². The van der Waals surface area contributed by atoms with E-state index in [1.807, 2.05) is 20.8 Å². The highest BCUT2D eigenvalue weighted by molar-refractivity contribution is 4.91. The van der Waals surface area contributed by atoms with Gasteiger partial charge in [-0.15, -0.1) is 0 Å². The molecule has 0 aromatic carbocycles. The van der Waals surface area contributed by atoms with E-state index in [9.17, 15) is 13.2 Å². The molecule has 3 nitrogen and oxygen atoms in total. The van der Waals surface area contributed by atoms with Crippen LogP contribution in [-0.4, -0.2) is 55.5 Å². The van der Waals surface area contributed by atoms with E-state index in [0.717, 1.165) is 12.8 Å². The molecule has 1 aliphatic rings. The number of hydrogen-bond donors (Lipinski definition) is 1. The van der Waals surface area contributed by atoms with Crippen LogP contribution in [0.15, 0.2) is 0 Å². The molecule has 1 unspecified atom stereocenters. The monoisotopic (exact) mass is 282 g/mol. The first-order chi connectivity index (χ1) is 8.62.